The number of nitrogens with zero attached hydrogens (tertiary/aromatic N) is 1. The van der Waals surface area contributed by atoms with Crippen LogP contribution in [0.5, 0.6) is 11.5 Å². The van der Waals surface area contributed by atoms with Gasteiger partial charge in [0.15, 0.2) is 0 Å². The number of aryl methyl sites for hydroxylation is 1. The summed E-state index contributed by atoms with van der Waals surface area (Å²) in [6, 6.07) is 11.1. The van der Waals surface area contributed by atoms with Gasteiger partial charge in [-0.3, -0.25) is 0 Å². The molecule has 2 rings (SSSR count). The molecule has 0 atom stereocenters. The Morgan fingerprint density at radius 3 is 2.67 bits per heavy atom. The Kier molecular flexibility index (Phi) is 3.50. The number of benzene rings is 2. The van der Waals surface area contributed by atoms with E-state index in [-0.39, 0.29) is 5.82 Å². The Morgan fingerprint density at radius 2 is 2.00 bits per heavy atom. The van der Waals surface area contributed by atoms with Gasteiger partial charge in [-0.15, -0.1) is 0 Å². The monoisotopic (exact) mass is 261 g/mol. The maximum absolute atomic E-state index is 13.1. The van der Waals surface area contributed by atoms with E-state index in [1.165, 1.54) is 12.1 Å². The smallest absolute Gasteiger partial charge is 0.146 e. The van der Waals surface area contributed by atoms with Crippen molar-refractivity contribution >= 4 is 11.6 Å². The van der Waals surface area contributed by atoms with E-state index in [0.29, 0.717) is 27.6 Å². The van der Waals surface area contributed by atoms with Crippen LogP contribution < -0.4 is 4.74 Å². The van der Waals surface area contributed by atoms with Crippen molar-refractivity contribution in [1.29, 1.82) is 5.26 Å². The summed E-state index contributed by atoms with van der Waals surface area (Å²) < 4.78 is 18.7. The highest BCUT2D eigenvalue weighted by molar-refractivity contribution is 6.30. The van der Waals surface area contributed by atoms with E-state index in [1.807, 2.05) is 6.07 Å². The Hall–Kier alpha value is -2.05. The van der Waals surface area contributed by atoms with Crippen molar-refractivity contribution in [3.8, 4) is 17.6 Å². The van der Waals surface area contributed by atoms with Crippen LogP contribution in [0.4, 0.5) is 4.39 Å². The third-order valence-electron chi connectivity index (χ3n) is 2.42. The first kappa shape index (κ1) is 12.4. The lowest BCUT2D eigenvalue weighted by molar-refractivity contribution is 0.478. The van der Waals surface area contributed by atoms with E-state index in [1.54, 1.807) is 31.2 Å². The van der Waals surface area contributed by atoms with E-state index in [0.717, 1.165) is 0 Å². The fourth-order valence-corrected chi connectivity index (χ4v) is 1.64. The third kappa shape index (κ3) is 2.61. The molecule has 0 heterocycles. The highest BCUT2D eigenvalue weighted by Gasteiger charge is 2.07. The van der Waals surface area contributed by atoms with Gasteiger partial charge >= 0.3 is 0 Å². The number of halogens is 2. The van der Waals surface area contributed by atoms with E-state index in [2.05, 4.69) is 0 Å². The summed E-state index contributed by atoms with van der Waals surface area (Å²) in [7, 11) is 0. The Bertz CT molecular complexity index is 634. The zero-order valence-corrected chi connectivity index (χ0v) is 10.3. The largest absolute Gasteiger partial charge is 0.456 e. The standard InChI is InChI=1S/C14H9ClFNO/c1-9-6-12(4-5-13(9)16)18-14-7-11(15)3-2-10(14)8-17/h2-7H,1H3. The maximum atomic E-state index is 13.1. The van der Waals surface area contributed by atoms with Gasteiger partial charge in [-0.05, 0) is 42.8 Å². The molecule has 0 aliphatic carbocycles. The Labute approximate surface area is 109 Å². The van der Waals surface area contributed by atoms with E-state index in [9.17, 15) is 4.39 Å². The molecule has 18 heavy (non-hydrogen) atoms. The van der Waals surface area contributed by atoms with Gasteiger partial charge in [-0.1, -0.05) is 11.6 Å². The lowest BCUT2D eigenvalue weighted by Gasteiger charge is -2.08. The average molecular weight is 262 g/mol. The van der Waals surface area contributed by atoms with Crippen molar-refractivity contribution in [3.05, 3.63) is 58.4 Å². The molecule has 0 N–H and O–H groups in total. The first-order valence-corrected chi connectivity index (χ1v) is 5.61. The second kappa shape index (κ2) is 5.07. The van der Waals surface area contributed by atoms with Crippen molar-refractivity contribution in [2.75, 3.05) is 0 Å². The molecule has 4 heteroatoms. The van der Waals surface area contributed by atoms with Crippen molar-refractivity contribution in [2.45, 2.75) is 6.92 Å². The van der Waals surface area contributed by atoms with Crippen molar-refractivity contribution in [3.63, 3.8) is 0 Å². The van der Waals surface area contributed by atoms with Crippen LogP contribution in [-0.2, 0) is 0 Å². The summed E-state index contributed by atoms with van der Waals surface area (Å²) in [4.78, 5) is 0. The zero-order chi connectivity index (χ0) is 13.1. The van der Waals surface area contributed by atoms with Gasteiger partial charge in [0.05, 0.1) is 5.56 Å². The van der Waals surface area contributed by atoms with E-state index >= 15 is 0 Å². The minimum Gasteiger partial charge on any atom is -0.456 e. The molecule has 0 bridgehead atoms. The van der Waals surface area contributed by atoms with Gasteiger partial charge < -0.3 is 4.74 Å². The fraction of sp³-hybridized carbons (Fsp3) is 0.0714. The molecule has 0 aromatic heterocycles. The lowest BCUT2D eigenvalue weighted by atomic mass is 10.2. The molecule has 90 valence electrons. The van der Waals surface area contributed by atoms with Crippen molar-refractivity contribution in [2.24, 2.45) is 0 Å². The molecule has 2 nitrogen and oxygen atoms in total. The molecule has 0 saturated heterocycles. The van der Waals surface area contributed by atoms with Crippen molar-refractivity contribution < 1.29 is 9.13 Å². The van der Waals surface area contributed by atoms with Gasteiger partial charge in [0.1, 0.15) is 23.4 Å². The van der Waals surface area contributed by atoms with Crippen LogP contribution in [0.2, 0.25) is 5.02 Å². The highest BCUT2D eigenvalue weighted by Crippen LogP contribution is 2.28. The molecule has 0 aliphatic heterocycles. The quantitative estimate of drug-likeness (QED) is 0.800. The first-order valence-electron chi connectivity index (χ1n) is 5.24. The molecular weight excluding hydrogens is 253 g/mol. The maximum Gasteiger partial charge on any atom is 0.146 e. The van der Waals surface area contributed by atoms with Gasteiger partial charge in [0.2, 0.25) is 0 Å². The molecule has 0 amide bonds. The van der Waals surface area contributed by atoms with Gasteiger partial charge in [0, 0.05) is 11.1 Å². The minimum absolute atomic E-state index is 0.297. The summed E-state index contributed by atoms with van der Waals surface area (Å²) in [6.45, 7) is 1.64. The Morgan fingerprint density at radius 1 is 1.22 bits per heavy atom. The van der Waals surface area contributed by atoms with E-state index in [4.69, 9.17) is 21.6 Å². The van der Waals surface area contributed by atoms with Crippen LogP contribution in [0, 0.1) is 24.1 Å². The van der Waals surface area contributed by atoms with Crippen LogP contribution >= 0.6 is 11.6 Å². The fourth-order valence-electron chi connectivity index (χ4n) is 1.48. The summed E-state index contributed by atoms with van der Waals surface area (Å²) >= 11 is 5.85. The summed E-state index contributed by atoms with van der Waals surface area (Å²) in [5.74, 6) is 0.526. The summed E-state index contributed by atoms with van der Waals surface area (Å²) in [5, 5.41) is 9.43. The molecule has 2 aromatic carbocycles. The first-order chi connectivity index (χ1) is 8.60. The number of rotatable bonds is 2. The minimum atomic E-state index is -0.297. The number of hydrogen-bond acceptors (Lipinski definition) is 2. The molecule has 0 aliphatic rings. The molecule has 0 fully saturated rings. The second-order valence-electron chi connectivity index (χ2n) is 3.77. The number of hydrogen-bond donors (Lipinski definition) is 0. The predicted octanol–water partition coefficient (Wildman–Crippen LogP) is 4.45. The summed E-state index contributed by atoms with van der Waals surface area (Å²) in [6.07, 6.45) is 0. The van der Waals surface area contributed by atoms with Crippen LogP contribution in [-0.4, -0.2) is 0 Å². The molecular formula is C14H9ClFNO. The molecule has 0 saturated carbocycles. The molecule has 0 unspecified atom stereocenters. The Balaban J connectivity index is 2.36. The topological polar surface area (TPSA) is 33.0 Å². The SMILES string of the molecule is Cc1cc(Oc2cc(Cl)ccc2C#N)ccc1F. The lowest BCUT2D eigenvalue weighted by Crippen LogP contribution is -1.90. The molecule has 2 aromatic rings. The number of ether oxygens (including phenoxy) is 1. The third-order valence-corrected chi connectivity index (χ3v) is 2.66. The molecule has 0 radical (unpaired) electrons. The molecule has 0 spiro atoms. The van der Waals surface area contributed by atoms with Crippen molar-refractivity contribution in [1.82, 2.24) is 0 Å². The predicted molar refractivity (Wildman–Crippen MR) is 67.4 cm³/mol. The average Bonchev–Trinajstić information content (AvgIpc) is 2.34. The zero-order valence-electron chi connectivity index (χ0n) is 9.58. The van der Waals surface area contributed by atoms with Gasteiger partial charge in [-0.2, -0.15) is 5.26 Å². The van der Waals surface area contributed by atoms with Crippen LogP contribution in [0.15, 0.2) is 36.4 Å². The van der Waals surface area contributed by atoms with E-state index < -0.39 is 0 Å². The van der Waals surface area contributed by atoms with Gasteiger partial charge in [-0.25, -0.2) is 4.39 Å². The van der Waals surface area contributed by atoms with Crippen LogP contribution in [0.3, 0.4) is 0 Å². The second-order valence-corrected chi connectivity index (χ2v) is 4.20. The number of nitriles is 1. The van der Waals surface area contributed by atoms with Crippen LogP contribution in [0.1, 0.15) is 11.1 Å². The normalized spacial score (nSPS) is 9.89. The highest BCUT2D eigenvalue weighted by atomic mass is 35.5. The van der Waals surface area contributed by atoms with Crippen LogP contribution in [0.25, 0.3) is 0 Å². The summed E-state index contributed by atoms with van der Waals surface area (Å²) in [5.41, 5.74) is 0.856. The van der Waals surface area contributed by atoms with Gasteiger partial charge in [0.25, 0.3) is 0 Å².